The van der Waals surface area contributed by atoms with Crippen LogP contribution in [0.2, 0.25) is 0 Å². The van der Waals surface area contributed by atoms with E-state index in [4.69, 9.17) is 9.47 Å². The lowest BCUT2D eigenvalue weighted by Gasteiger charge is -2.16. The van der Waals surface area contributed by atoms with Gasteiger partial charge in [0.15, 0.2) is 0 Å². The number of aliphatic hydroxyl groups is 1. The van der Waals surface area contributed by atoms with Gasteiger partial charge >= 0.3 is 5.69 Å². The van der Waals surface area contributed by atoms with Gasteiger partial charge in [-0.3, -0.25) is 9.13 Å². The van der Waals surface area contributed by atoms with Crippen LogP contribution in [0.15, 0.2) is 47.3 Å². The summed E-state index contributed by atoms with van der Waals surface area (Å²) in [6.45, 7) is 0.129. The van der Waals surface area contributed by atoms with Gasteiger partial charge in [-0.15, -0.1) is 0 Å². The summed E-state index contributed by atoms with van der Waals surface area (Å²) in [5.74, 6) is 1.17. The Balaban J connectivity index is 2.03. The topological polar surface area (TPSA) is 65.6 Å². The maximum Gasteiger partial charge on any atom is 0.328 e. The Bertz CT molecular complexity index is 926. The zero-order chi connectivity index (χ0) is 17.3. The lowest BCUT2D eigenvalue weighted by molar-refractivity contribution is 0.152. The molecular formula is C18H20N2O4. The van der Waals surface area contributed by atoms with Crippen molar-refractivity contribution < 1.29 is 14.6 Å². The van der Waals surface area contributed by atoms with Gasteiger partial charge in [-0.05, 0) is 30.3 Å². The van der Waals surface area contributed by atoms with Crippen molar-refractivity contribution >= 4 is 11.0 Å². The normalized spacial score (nSPS) is 12.3. The van der Waals surface area contributed by atoms with Crippen LogP contribution in [0, 0.1) is 0 Å². The first-order chi connectivity index (χ1) is 11.6. The van der Waals surface area contributed by atoms with Crippen molar-refractivity contribution in [2.45, 2.75) is 12.6 Å². The van der Waals surface area contributed by atoms with Gasteiger partial charge < -0.3 is 14.6 Å². The largest absolute Gasteiger partial charge is 0.497 e. The fraction of sp³-hybridized carbons (Fsp3) is 0.278. The maximum atomic E-state index is 12.5. The van der Waals surface area contributed by atoms with Crippen LogP contribution in [0.4, 0.5) is 0 Å². The quantitative estimate of drug-likeness (QED) is 0.779. The van der Waals surface area contributed by atoms with Crippen molar-refractivity contribution in [1.82, 2.24) is 9.13 Å². The minimum absolute atomic E-state index is 0.129. The summed E-state index contributed by atoms with van der Waals surface area (Å²) in [4.78, 5) is 12.5. The van der Waals surface area contributed by atoms with E-state index in [2.05, 4.69) is 0 Å². The van der Waals surface area contributed by atoms with Gasteiger partial charge in [-0.1, -0.05) is 12.1 Å². The highest BCUT2D eigenvalue weighted by Crippen LogP contribution is 2.30. The number of aryl methyl sites for hydroxylation is 1. The summed E-state index contributed by atoms with van der Waals surface area (Å²) in [6.07, 6.45) is -0.904. The molecule has 24 heavy (non-hydrogen) atoms. The number of fused-ring (bicyclic) bond motifs is 1. The number of nitrogens with zero attached hydrogens (tertiary/aromatic N) is 2. The second-order valence-corrected chi connectivity index (χ2v) is 5.56. The van der Waals surface area contributed by atoms with E-state index in [0.717, 1.165) is 11.0 Å². The summed E-state index contributed by atoms with van der Waals surface area (Å²) in [7, 11) is 4.83. The lowest BCUT2D eigenvalue weighted by atomic mass is 10.1. The van der Waals surface area contributed by atoms with Gasteiger partial charge in [0.05, 0.1) is 31.8 Å². The van der Waals surface area contributed by atoms with E-state index < -0.39 is 6.10 Å². The predicted molar refractivity (Wildman–Crippen MR) is 91.7 cm³/mol. The summed E-state index contributed by atoms with van der Waals surface area (Å²) in [5.41, 5.74) is 2.02. The van der Waals surface area contributed by atoms with E-state index in [1.54, 1.807) is 48.6 Å². The van der Waals surface area contributed by atoms with Crippen LogP contribution in [0.25, 0.3) is 11.0 Å². The van der Waals surface area contributed by atoms with Crippen molar-refractivity contribution in [2.24, 2.45) is 7.05 Å². The molecule has 0 fully saturated rings. The van der Waals surface area contributed by atoms with Crippen LogP contribution in [0.5, 0.6) is 11.5 Å². The molecule has 0 saturated heterocycles. The summed E-state index contributed by atoms with van der Waals surface area (Å²) in [5, 5.41) is 10.7. The average molecular weight is 328 g/mol. The molecule has 1 aromatic heterocycles. The molecule has 1 N–H and O–H groups in total. The van der Waals surface area contributed by atoms with E-state index in [-0.39, 0.29) is 12.2 Å². The molecule has 0 aliphatic rings. The highest BCUT2D eigenvalue weighted by Gasteiger charge is 2.19. The second-order valence-electron chi connectivity index (χ2n) is 5.56. The molecule has 3 rings (SSSR count). The number of aliphatic hydroxyl groups excluding tert-OH is 1. The van der Waals surface area contributed by atoms with E-state index in [1.165, 1.54) is 0 Å². The van der Waals surface area contributed by atoms with Crippen molar-refractivity contribution in [3.05, 3.63) is 58.5 Å². The van der Waals surface area contributed by atoms with Gasteiger partial charge in [0, 0.05) is 12.6 Å². The number of hydrogen-bond acceptors (Lipinski definition) is 4. The first-order valence-corrected chi connectivity index (χ1v) is 7.61. The van der Waals surface area contributed by atoms with Crippen LogP contribution in [-0.2, 0) is 13.6 Å². The molecule has 0 amide bonds. The minimum Gasteiger partial charge on any atom is -0.497 e. The molecule has 126 valence electrons. The van der Waals surface area contributed by atoms with Crippen LogP contribution < -0.4 is 15.2 Å². The Morgan fingerprint density at radius 3 is 2.46 bits per heavy atom. The molecule has 0 spiro atoms. The molecule has 0 unspecified atom stereocenters. The van der Waals surface area contributed by atoms with Crippen LogP contribution in [-0.4, -0.2) is 28.5 Å². The summed E-state index contributed by atoms with van der Waals surface area (Å²) >= 11 is 0. The zero-order valence-electron chi connectivity index (χ0n) is 13.9. The van der Waals surface area contributed by atoms with E-state index in [0.29, 0.717) is 17.1 Å². The summed E-state index contributed by atoms with van der Waals surface area (Å²) in [6, 6.07) is 12.7. The average Bonchev–Trinajstić information content (AvgIpc) is 2.86. The van der Waals surface area contributed by atoms with Crippen LogP contribution in [0.1, 0.15) is 11.7 Å². The Morgan fingerprint density at radius 1 is 1.08 bits per heavy atom. The molecular weight excluding hydrogens is 308 g/mol. The van der Waals surface area contributed by atoms with Crippen LogP contribution >= 0.6 is 0 Å². The first kappa shape index (κ1) is 16.1. The van der Waals surface area contributed by atoms with Crippen molar-refractivity contribution in [3.63, 3.8) is 0 Å². The van der Waals surface area contributed by atoms with Gasteiger partial charge in [0.25, 0.3) is 0 Å². The second kappa shape index (κ2) is 6.41. The number of hydrogen-bond donors (Lipinski definition) is 1. The van der Waals surface area contributed by atoms with E-state index in [1.807, 2.05) is 24.3 Å². The minimum atomic E-state index is -0.904. The molecule has 0 aliphatic carbocycles. The molecule has 6 nitrogen and oxygen atoms in total. The Labute approximate surface area is 139 Å². The van der Waals surface area contributed by atoms with E-state index >= 15 is 0 Å². The monoisotopic (exact) mass is 328 g/mol. The SMILES string of the molecule is COc1ccc(OC)c([C@H](O)Cn2c(=O)n(C)c3ccccc32)c1. The molecule has 1 atom stereocenters. The molecule has 3 aromatic rings. The van der Waals surface area contributed by atoms with E-state index in [9.17, 15) is 9.90 Å². The third kappa shape index (κ3) is 2.65. The fourth-order valence-electron chi connectivity index (χ4n) is 2.91. The Morgan fingerprint density at radius 2 is 1.79 bits per heavy atom. The number of benzene rings is 2. The zero-order valence-corrected chi connectivity index (χ0v) is 13.9. The van der Waals surface area contributed by atoms with Gasteiger partial charge in [-0.25, -0.2) is 4.79 Å². The molecule has 0 bridgehead atoms. The lowest BCUT2D eigenvalue weighted by Crippen LogP contribution is -2.25. The number of methoxy groups -OCH3 is 2. The van der Waals surface area contributed by atoms with Gasteiger partial charge in [0.2, 0.25) is 0 Å². The van der Waals surface area contributed by atoms with Crippen molar-refractivity contribution in [3.8, 4) is 11.5 Å². The highest BCUT2D eigenvalue weighted by molar-refractivity contribution is 5.75. The number of ether oxygens (including phenoxy) is 2. The fourth-order valence-corrected chi connectivity index (χ4v) is 2.91. The summed E-state index contributed by atoms with van der Waals surface area (Å²) < 4.78 is 13.7. The first-order valence-electron chi connectivity index (χ1n) is 7.61. The predicted octanol–water partition coefficient (Wildman–Crippen LogP) is 2.09. The smallest absolute Gasteiger partial charge is 0.328 e. The van der Waals surface area contributed by atoms with Crippen molar-refractivity contribution in [1.29, 1.82) is 0 Å². The van der Waals surface area contributed by atoms with Gasteiger partial charge in [0.1, 0.15) is 17.6 Å². The van der Waals surface area contributed by atoms with Gasteiger partial charge in [-0.2, -0.15) is 0 Å². The van der Waals surface area contributed by atoms with Crippen molar-refractivity contribution in [2.75, 3.05) is 14.2 Å². The molecule has 0 aliphatic heterocycles. The third-order valence-corrected chi connectivity index (χ3v) is 4.20. The molecule has 1 heterocycles. The number of imidazole rings is 1. The Hall–Kier alpha value is -2.73. The maximum absolute atomic E-state index is 12.5. The highest BCUT2D eigenvalue weighted by atomic mass is 16.5. The molecule has 6 heteroatoms. The van der Waals surface area contributed by atoms with Crippen LogP contribution in [0.3, 0.4) is 0 Å². The standard InChI is InChI=1S/C18H20N2O4/c1-19-14-6-4-5-7-15(14)20(18(19)22)11-16(21)13-10-12(23-2)8-9-17(13)24-3/h4-10,16,21H,11H2,1-3H3/t16-/m1/s1. The molecule has 0 radical (unpaired) electrons. The number of aromatic nitrogens is 2. The third-order valence-electron chi connectivity index (χ3n) is 4.20. The number of rotatable bonds is 5. The molecule has 2 aromatic carbocycles. The Kier molecular flexibility index (Phi) is 4.31. The number of para-hydroxylation sites is 2. The molecule has 0 saturated carbocycles.